The van der Waals surface area contributed by atoms with Crippen LogP contribution in [0.15, 0.2) is 0 Å². The Bertz CT molecular complexity index is 198. The predicted molar refractivity (Wildman–Crippen MR) is 63.3 cm³/mol. The van der Waals surface area contributed by atoms with Crippen LogP contribution in [-0.4, -0.2) is 61.4 Å². The summed E-state index contributed by atoms with van der Waals surface area (Å²) < 4.78 is 4.86. The number of hydrogen-bond acceptors (Lipinski definition) is 4. The van der Waals surface area contributed by atoms with Crippen molar-refractivity contribution in [3.05, 3.63) is 0 Å². The van der Waals surface area contributed by atoms with E-state index in [1.165, 1.54) is 0 Å². The highest BCUT2D eigenvalue weighted by molar-refractivity contribution is 5.81. The number of hydrogen-bond donors (Lipinski definition) is 2. The Kier molecular flexibility index (Phi) is 8.15. The van der Waals surface area contributed by atoms with Gasteiger partial charge in [0.15, 0.2) is 0 Å². The van der Waals surface area contributed by atoms with Gasteiger partial charge in [-0.2, -0.15) is 0 Å². The zero-order chi connectivity index (χ0) is 12.6. The Morgan fingerprint density at radius 3 is 2.50 bits per heavy atom. The van der Waals surface area contributed by atoms with Gasteiger partial charge in [-0.15, -0.1) is 0 Å². The van der Waals surface area contributed by atoms with E-state index < -0.39 is 0 Å². The van der Waals surface area contributed by atoms with Gasteiger partial charge in [0.2, 0.25) is 5.91 Å². The molecule has 2 N–H and O–H groups in total. The van der Waals surface area contributed by atoms with Crippen molar-refractivity contribution in [2.24, 2.45) is 0 Å². The second-order valence-electron chi connectivity index (χ2n) is 4.01. The maximum absolute atomic E-state index is 11.7. The molecule has 0 heterocycles. The first-order valence-corrected chi connectivity index (χ1v) is 5.67. The van der Waals surface area contributed by atoms with Gasteiger partial charge in [-0.1, -0.05) is 0 Å². The fraction of sp³-hybridized carbons (Fsp3) is 0.909. The molecule has 0 aliphatic rings. The molecule has 1 amide bonds. The van der Waals surface area contributed by atoms with E-state index in [2.05, 4.69) is 5.32 Å². The Morgan fingerprint density at radius 2 is 2.06 bits per heavy atom. The molecule has 0 saturated heterocycles. The molecule has 5 nitrogen and oxygen atoms in total. The van der Waals surface area contributed by atoms with Gasteiger partial charge >= 0.3 is 0 Å². The number of nitrogens with zero attached hydrogens (tertiary/aromatic N) is 1. The molecule has 0 radical (unpaired) electrons. The summed E-state index contributed by atoms with van der Waals surface area (Å²) in [6.07, 6.45) is 0. The largest absolute Gasteiger partial charge is 0.395 e. The highest BCUT2D eigenvalue weighted by atomic mass is 16.5. The number of methoxy groups -OCH3 is 1. The van der Waals surface area contributed by atoms with Crippen molar-refractivity contribution < 1.29 is 14.6 Å². The fourth-order valence-electron chi connectivity index (χ4n) is 1.59. The molecule has 0 saturated carbocycles. The van der Waals surface area contributed by atoms with Crippen LogP contribution in [0.3, 0.4) is 0 Å². The molecule has 16 heavy (non-hydrogen) atoms. The topological polar surface area (TPSA) is 61.8 Å². The monoisotopic (exact) mass is 232 g/mol. The van der Waals surface area contributed by atoms with Gasteiger partial charge in [-0.25, -0.2) is 0 Å². The number of carbonyl (C=O) groups is 1. The number of rotatable bonds is 8. The maximum Gasteiger partial charge on any atom is 0.237 e. The van der Waals surface area contributed by atoms with Crippen LogP contribution in [0.4, 0.5) is 0 Å². The minimum absolute atomic E-state index is 0.0285. The Labute approximate surface area is 97.8 Å². The van der Waals surface area contributed by atoms with E-state index in [1.54, 1.807) is 7.11 Å². The number of amides is 1. The molecule has 0 aromatic heterocycles. The average molecular weight is 232 g/mol. The Morgan fingerprint density at radius 1 is 1.44 bits per heavy atom. The van der Waals surface area contributed by atoms with Gasteiger partial charge < -0.3 is 15.2 Å². The molecule has 0 aromatic rings. The summed E-state index contributed by atoms with van der Waals surface area (Å²) in [7, 11) is 1.60. The normalized spacial score (nSPS) is 13.2. The van der Waals surface area contributed by atoms with Crippen LogP contribution in [0.5, 0.6) is 0 Å². The first-order chi connectivity index (χ1) is 7.54. The molecule has 0 spiro atoms. The molecule has 0 fully saturated rings. The number of carbonyl (C=O) groups excluding carboxylic acids is 1. The average Bonchev–Trinajstić information content (AvgIpc) is 2.24. The first kappa shape index (κ1) is 15.3. The molecule has 0 rings (SSSR count). The summed E-state index contributed by atoms with van der Waals surface area (Å²) in [6.45, 7) is 7.47. The molecule has 0 aliphatic carbocycles. The van der Waals surface area contributed by atoms with Crippen molar-refractivity contribution >= 4 is 5.91 Å². The van der Waals surface area contributed by atoms with Gasteiger partial charge in [-0.05, 0) is 20.8 Å². The zero-order valence-corrected chi connectivity index (χ0v) is 10.7. The molecule has 5 heteroatoms. The lowest BCUT2D eigenvalue weighted by molar-refractivity contribution is -0.126. The molecule has 96 valence electrons. The minimum atomic E-state index is -0.232. The van der Waals surface area contributed by atoms with E-state index in [4.69, 9.17) is 9.84 Å². The number of aliphatic hydroxyl groups excluding tert-OH is 1. The molecule has 0 aromatic carbocycles. The van der Waals surface area contributed by atoms with Crippen molar-refractivity contribution in [1.82, 2.24) is 10.2 Å². The summed E-state index contributed by atoms with van der Waals surface area (Å²) in [5.41, 5.74) is 0. The van der Waals surface area contributed by atoms with Crippen LogP contribution >= 0.6 is 0 Å². The third-order valence-corrected chi connectivity index (χ3v) is 2.50. The van der Waals surface area contributed by atoms with Crippen LogP contribution in [0.25, 0.3) is 0 Å². The van der Waals surface area contributed by atoms with E-state index in [-0.39, 0.29) is 24.6 Å². The fourth-order valence-corrected chi connectivity index (χ4v) is 1.59. The van der Waals surface area contributed by atoms with Gasteiger partial charge in [0.05, 0.1) is 19.3 Å². The number of aliphatic hydroxyl groups is 1. The molecule has 0 bridgehead atoms. The maximum atomic E-state index is 11.7. The van der Waals surface area contributed by atoms with E-state index >= 15 is 0 Å². The van der Waals surface area contributed by atoms with Crippen molar-refractivity contribution in [3.8, 4) is 0 Å². The van der Waals surface area contributed by atoms with Crippen LogP contribution in [-0.2, 0) is 9.53 Å². The molecule has 1 atom stereocenters. The van der Waals surface area contributed by atoms with Gasteiger partial charge in [0.1, 0.15) is 0 Å². The van der Waals surface area contributed by atoms with Crippen LogP contribution in [0.1, 0.15) is 20.8 Å². The lowest BCUT2D eigenvalue weighted by Gasteiger charge is -2.31. The predicted octanol–water partition coefficient (Wildman–Crippen LogP) is -0.160. The molecular weight excluding hydrogens is 208 g/mol. The highest BCUT2D eigenvalue weighted by Gasteiger charge is 2.22. The summed E-state index contributed by atoms with van der Waals surface area (Å²) in [5, 5.41) is 11.7. The van der Waals surface area contributed by atoms with Crippen LogP contribution < -0.4 is 5.32 Å². The third-order valence-electron chi connectivity index (χ3n) is 2.50. The summed E-state index contributed by atoms with van der Waals surface area (Å²) >= 11 is 0. The molecule has 0 aliphatic heterocycles. The van der Waals surface area contributed by atoms with Crippen molar-refractivity contribution in [1.29, 1.82) is 0 Å². The van der Waals surface area contributed by atoms with Crippen LogP contribution in [0.2, 0.25) is 0 Å². The SMILES string of the molecule is COCCNC(=O)C(C)N(CCO)C(C)C. The first-order valence-electron chi connectivity index (χ1n) is 5.67. The second-order valence-corrected chi connectivity index (χ2v) is 4.01. The van der Waals surface area contributed by atoms with E-state index in [9.17, 15) is 4.79 Å². The van der Waals surface area contributed by atoms with E-state index in [0.29, 0.717) is 19.7 Å². The van der Waals surface area contributed by atoms with E-state index in [1.807, 2.05) is 25.7 Å². The highest BCUT2D eigenvalue weighted by Crippen LogP contribution is 2.04. The minimum Gasteiger partial charge on any atom is -0.395 e. The number of ether oxygens (including phenoxy) is 1. The van der Waals surface area contributed by atoms with Crippen molar-refractivity contribution in [3.63, 3.8) is 0 Å². The standard InChI is InChI=1S/C11H24N2O3/c1-9(2)13(6-7-14)10(3)11(15)12-5-8-16-4/h9-10,14H,5-8H2,1-4H3,(H,12,15). The summed E-state index contributed by atoms with van der Waals surface area (Å²) in [5.74, 6) is -0.0285. The lowest BCUT2D eigenvalue weighted by Crippen LogP contribution is -2.49. The van der Waals surface area contributed by atoms with E-state index in [0.717, 1.165) is 0 Å². The summed E-state index contributed by atoms with van der Waals surface area (Å²) in [6, 6.07) is -0.000619. The van der Waals surface area contributed by atoms with Crippen molar-refractivity contribution in [2.75, 3.05) is 33.4 Å². The Hall–Kier alpha value is -0.650. The second kappa shape index (κ2) is 8.50. The molecular formula is C11H24N2O3. The number of nitrogens with one attached hydrogen (secondary N) is 1. The zero-order valence-electron chi connectivity index (χ0n) is 10.7. The van der Waals surface area contributed by atoms with Gasteiger partial charge in [0.25, 0.3) is 0 Å². The lowest BCUT2D eigenvalue weighted by atomic mass is 10.2. The molecule has 1 unspecified atom stereocenters. The third kappa shape index (κ3) is 5.44. The van der Waals surface area contributed by atoms with Gasteiger partial charge in [0, 0.05) is 26.2 Å². The Balaban J connectivity index is 4.14. The van der Waals surface area contributed by atoms with Gasteiger partial charge in [-0.3, -0.25) is 9.69 Å². The summed E-state index contributed by atoms with van der Waals surface area (Å²) in [4.78, 5) is 13.7. The smallest absolute Gasteiger partial charge is 0.237 e. The quantitative estimate of drug-likeness (QED) is 0.571. The van der Waals surface area contributed by atoms with Crippen molar-refractivity contribution in [2.45, 2.75) is 32.9 Å². The van der Waals surface area contributed by atoms with Crippen LogP contribution in [0, 0.1) is 0 Å².